The number of hydrogen-bond donors (Lipinski definition) is 1. The van der Waals surface area contributed by atoms with Crippen LogP contribution in [0.1, 0.15) is 20.8 Å². The molecule has 3 aromatic rings. The lowest BCUT2D eigenvalue weighted by Gasteiger charge is -2.18. The van der Waals surface area contributed by atoms with Crippen LogP contribution in [-0.4, -0.2) is 47.2 Å². The molecule has 0 fully saturated rings. The van der Waals surface area contributed by atoms with Gasteiger partial charge in [0.1, 0.15) is 5.82 Å². The quantitative estimate of drug-likeness (QED) is 0.463. The van der Waals surface area contributed by atoms with E-state index in [4.69, 9.17) is 4.42 Å². The van der Waals surface area contributed by atoms with Gasteiger partial charge >= 0.3 is 0 Å². The summed E-state index contributed by atoms with van der Waals surface area (Å²) in [5, 5.41) is 10.2. The number of halogens is 1. The summed E-state index contributed by atoms with van der Waals surface area (Å²) < 4.78 is 45.5. The lowest BCUT2D eigenvalue weighted by molar-refractivity contribution is -0.115. The molecule has 8 nitrogen and oxygen atoms in total. The van der Waals surface area contributed by atoms with E-state index in [1.807, 2.05) is 0 Å². The summed E-state index contributed by atoms with van der Waals surface area (Å²) in [4.78, 5) is 12.5. The number of carbonyl (C=O) groups is 1. The van der Waals surface area contributed by atoms with Gasteiger partial charge in [-0.2, -0.15) is 4.31 Å². The highest BCUT2D eigenvalue weighted by Gasteiger charge is 2.23. The Balaban J connectivity index is 1.71. The van der Waals surface area contributed by atoms with E-state index in [1.54, 1.807) is 32.9 Å². The molecule has 1 N–H and O–H groups in total. The zero-order chi connectivity index (χ0) is 23.3. The van der Waals surface area contributed by atoms with Crippen LogP contribution in [0.15, 0.2) is 63.1 Å². The van der Waals surface area contributed by atoms with Crippen LogP contribution in [0.4, 0.5) is 10.1 Å². The van der Waals surface area contributed by atoms with Crippen LogP contribution in [0.5, 0.6) is 0 Å². The molecule has 170 valence electrons. The second kappa shape index (κ2) is 10.2. The number of carbonyl (C=O) groups excluding carboxylic acids is 1. The molecule has 0 aliphatic carbocycles. The monoisotopic (exact) mass is 478 g/mol. The van der Waals surface area contributed by atoms with E-state index in [-0.39, 0.29) is 21.9 Å². The summed E-state index contributed by atoms with van der Waals surface area (Å²) in [5.74, 6) is -0.554. The fraction of sp³-hybridized carbons (Fsp3) is 0.286. The third kappa shape index (κ3) is 5.53. The zero-order valence-corrected chi connectivity index (χ0v) is 19.4. The largest absolute Gasteiger partial charge is 0.411 e. The summed E-state index contributed by atoms with van der Waals surface area (Å²) in [6.07, 6.45) is 0. The summed E-state index contributed by atoms with van der Waals surface area (Å²) >= 11 is 1.06. The lowest BCUT2D eigenvalue weighted by Crippen LogP contribution is -2.30. The van der Waals surface area contributed by atoms with Crippen molar-refractivity contribution in [2.24, 2.45) is 0 Å². The molecule has 0 aliphatic rings. The summed E-state index contributed by atoms with van der Waals surface area (Å²) in [7, 11) is -3.63. The molecular weight excluding hydrogens is 455 g/mol. The molecule has 1 amide bonds. The number of aromatic nitrogens is 2. The second-order valence-corrected chi connectivity index (χ2v) is 9.98. The van der Waals surface area contributed by atoms with Crippen molar-refractivity contribution in [2.75, 3.05) is 18.4 Å². The molecule has 0 bridgehead atoms. The van der Waals surface area contributed by atoms with E-state index >= 15 is 0 Å². The molecule has 0 spiro atoms. The molecule has 1 heterocycles. The van der Waals surface area contributed by atoms with Crippen LogP contribution in [0.2, 0.25) is 0 Å². The van der Waals surface area contributed by atoms with Gasteiger partial charge in [0.05, 0.1) is 10.1 Å². The molecule has 0 saturated heterocycles. The fourth-order valence-electron chi connectivity index (χ4n) is 2.86. The number of nitrogens with zero attached hydrogens (tertiary/aromatic N) is 3. The topological polar surface area (TPSA) is 105 Å². The molecule has 3 rings (SSSR count). The predicted molar refractivity (Wildman–Crippen MR) is 120 cm³/mol. The molecule has 1 unspecified atom stereocenters. The third-order valence-corrected chi connectivity index (χ3v) is 7.57. The number of amides is 1. The fourth-order valence-corrected chi connectivity index (χ4v) is 5.05. The van der Waals surface area contributed by atoms with Crippen LogP contribution in [0.25, 0.3) is 11.5 Å². The van der Waals surface area contributed by atoms with Gasteiger partial charge in [-0.05, 0) is 49.4 Å². The summed E-state index contributed by atoms with van der Waals surface area (Å²) in [5.41, 5.74) is 0.933. The van der Waals surface area contributed by atoms with Crippen molar-refractivity contribution in [3.05, 3.63) is 54.3 Å². The number of rotatable bonds is 9. The van der Waals surface area contributed by atoms with Gasteiger partial charge in [-0.15, -0.1) is 10.2 Å². The Kier molecular flexibility index (Phi) is 7.64. The Morgan fingerprint density at radius 2 is 1.84 bits per heavy atom. The minimum atomic E-state index is -3.63. The van der Waals surface area contributed by atoms with Crippen molar-refractivity contribution in [2.45, 2.75) is 36.1 Å². The normalized spacial score (nSPS) is 12.7. The van der Waals surface area contributed by atoms with Gasteiger partial charge in [-0.3, -0.25) is 4.79 Å². The summed E-state index contributed by atoms with van der Waals surface area (Å²) in [6.45, 7) is 5.95. The first-order chi connectivity index (χ1) is 15.2. The van der Waals surface area contributed by atoms with Crippen molar-refractivity contribution >= 4 is 33.4 Å². The van der Waals surface area contributed by atoms with Crippen LogP contribution >= 0.6 is 11.8 Å². The third-order valence-electron chi connectivity index (χ3n) is 4.59. The molecule has 0 aliphatic heterocycles. The molecule has 2 aromatic carbocycles. The number of benzene rings is 2. The SMILES string of the molecule is CCN(CC)S(=O)(=O)c1cccc(-c2nnc(SC(C)C(=O)Nc3ccc(F)cc3)o2)c1. The van der Waals surface area contributed by atoms with Gasteiger partial charge < -0.3 is 9.73 Å². The molecule has 1 aromatic heterocycles. The van der Waals surface area contributed by atoms with E-state index < -0.39 is 21.1 Å². The number of nitrogens with one attached hydrogen (secondary N) is 1. The predicted octanol–water partition coefficient (Wildman–Crippen LogP) is 4.03. The molecule has 1 atom stereocenters. The van der Waals surface area contributed by atoms with E-state index in [2.05, 4.69) is 15.5 Å². The minimum absolute atomic E-state index is 0.137. The van der Waals surface area contributed by atoms with Gasteiger partial charge in [0, 0.05) is 24.3 Å². The highest BCUT2D eigenvalue weighted by atomic mass is 32.2. The van der Waals surface area contributed by atoms with Crippen molar-refractivity contribution in [1.82, 2.24) is 14.5 Å². The van der Waals surface area contributed by atoms with Gasteiger partial charge in [0.25, 0.3) is 5.22 Å². The van der Waals surface area contributed by atoms with Crippen LogP contribution < -0.4 is 5.32 Å². The lowest BCUT2D eigenvalue weighted by atomic mass is 10.2. The van der Waals surface area contributed by atoms with E-state index in [1.165, 1.54) is 40.7 Å². The number of thioether (sulfide) groups is 1. The first-order valence-electron chi connectivity index (χ1n) is 9.91. The Bertz CT molecular complexity index is 1180. The van der Waals surface area contributed by atoms with Crippen molar-refractivity contribution in [3.8, 4) is 11.5 Å². The van der Waals surface area contributed by atoms with E-state index in [0.717, 1.165) is 11.8 Å². The van der Waals surface area contributed by atoms with Crippen LogP contribution in [-0.2, 0) is 14.8 Å². The first-order valence-corrected chi connectivity index (χ1v) is 12.2. The number of hydrogen-bond acceptors (Lipinski definition) is 7. The maximum Gasteiger partial charge on any atom is 0.277 e. The van der Waals surface area contributed by atoms with Crippen molar-refractivity contribution in [1.29, 1.82) is 0 Å². The Labute approximate surface area is 190 Å². The molecular formula is C21H23FN4O4S2. The van der Waals surface area contributed by atoms with Gasteiger partial charge in [0.15, 0.2) is 0 Å². The molecule has 32 heavy (non-hydrogen) atoms. The van der Waals surface area contributed by atoms with Crippen molar-refractivity contribution < 1.29 is 22.0 Å². The van der Waals surface area contributed by atoms with Gasteiger partial charge in [0.2, 0.25) is 21.8 Å². The average molecular weight is 479 g/mol. The second-order valence-electron chi connectivity index (χ2n) is 6.75. The van der Waals surface area contributed by atoms with E-state index in [0.29, 0.717) is 24.3 Å². The van der Waals surface area contributed by atoms with Gasteiger partial charge in [-0.25, -0.2) is 12.8 Å². The Hall–Kier alpha value is -2.76. The van der Waals surface area contributed by atoms with Crippen LogP contribution in [0.3, 0.4) is 0 Å². The molecule has 0 saturated carbocycles. The highest BCUT2D eigenvalue weighted by Crippen LogP contribution is 2.28. The molecule has 11 heteroatoms. The maximum absolute atomic E-state index is 13.0. The Morgan fingerprint density at radius 3 is 2.50 bits per heavy atom. The van der Waals surface area contributed by atoms with Crippen LogP contribution in [0, 0.1) is 5.82 Å². The van der Waals surface area contributed by atoms with E-state index in [9.17, 15) is 17.6 Å². The standard InChI is InChI=1S/C21H23FN4O4S2/c1-4-26(5-2)32(28,29)18-8-6-7-15(13-18)20-24-25-21(30-20)31-14(3)19(27)23-17-11-9-16(22)10-12-17/h6-14H,4-5H2,1-3H3,(H,23,27). The number of anilines is 1. The minimum Gasteiger partial charge on any atom is -0.411 e. The smallest absolute Gasteiger partial charge is 0.277 e. The summed E-state index contributed by atoms with van der Waals surface area (Å²) in [6, 6.07) is 11.7. The zero-order valence-electron chi connectivity index (χ0n) is 17.8. The average Bonchev–Trinajstić information content (AvgIpc) is 3.24. The molecule has 0 radical (unpaired) electrons. The first kappa shape index (κ1) is 23.9. The Morgan fingerprint density at radius 1 is 1.16 bits per heavy atom. The number of sulfonamides is 1. The maximum atomic E-state index is 13.0. The van der Waals surface area contributed by atoms with Gasteiger partial charge in [-0.1, -0.05) is 31.7 Å². The van der Waals surface area contributed by atoms with Crippen molar-refractivity contribution in [3.63, 3.8) is 0 Å². The highest BCUT2D eigenvalue weighted by molar-refractivity contribution is 8.00.